The first kappa shape index (κ1) is 84.7. The second-order valence-corrected chi connectivity index (χ2v) is 28.3. The Morgan fingerprint density at radius 3 is 1.08 bits per heavy atom. The Hall–Kier alpha value is -2.29. The summed E-state index contributed by atoms with van der Waals surface area (Å²) in [5, 5.41) is 3.08. The van der Waals surface area contributed by atoms with Crippen LogP contribution in [0.5, 0.6) is 0 Å². The van der Waals surface area contributed by atoms with Crippen LogP contribution in [-0.4, -0.2) is 74.3 Å². The standard InChI is InChI=1S/C77H145N2O7P/c1-7-10-13-16-19-22-25-27-29-31-33-35-37-38-39-40-42-43-45-47-49-51-54-57-60-63-66-69-76(80)78-74(73-85-87(82,83)84-72-71-79(4,5)6)75(68-65-62-59-56-53-24-21-18-15-12-9-3)86-77(81)70-67-64-61-58-55-52-50-48-46-44-41-36-34-32-30-28-26-23-20-17-14-11-8-2/h19,22,27-30,33,35,65,68,74-75H,7-18,20-21,23-26,31-32,34,36-64,66-67,69-73H2,1-6H3,(H-,78,80,82,83)/p+1/b22-19-,29-27-,30-28+,35-33-,68-65-. The Kier molecular flexibility index (Phi) is 64.9. The number of esters is 1. The lowest BCUT2D eigenvalue weighted by Crippen LogP contribution is -2.47. The fourth-order valence-electron chi connectivity index (χ4n) is 11.1. The molecular formula is C77H146N2O7P+. The fourth-order valence-corrected chi connectivity index (χ4v) is 11.9. The molecule has 0 aliphatic rings. The van der Waals surface area contributed by atoms with Gasteiger partial charge < -0.3 is 19.4 Å². The predicted molar refractivity (Wildman–Crippen MR) is 378 cm³/mol. The fraction of sp³-hybridized carbons (Fsp3) is 0.844. The van der Waals surface area contributed by atoms with Crippen LogP contribution in [0, 0.1) is 0 Å². The highest BCUT2D eigenvalue weighted by Gasteiger charge is 2.30. The molecule has 3 atom stereocenters. The molecule has 0 aliphatic heterocycles. The summed E-state index contributed by atoms with van der Waals surface area (Å²) in [4.78, 5) is 37.9. The number of nitrogens with one attached hydrogen (secondary N) is 1. The van der Waals surface area contributed by atoms with Gasteiger partial charge in [-0.15, -0.1) is 0 Å². The molecule has 0 aromatic rings. The summed E-state index contributed by atoms with van der Waals surface area (Å²) in [6.07, 6.45) is 86.7. The summed E-state index contributed by atoms with van der Waals surface area (Å²) in [6.45, 7) is 7.03. The van der Waals surface area contributed by atoms with E-state index in [4.69, 9.17) is 13.8 Å². The van der Waals surface area contributed by atoms with Crippen LogP contribution < -0.4 is 5.32 Å². The minimum atomic E-state index is -4.45. The number of hydrogen-bond donors (Lipinski definition) is 2. The molecule has 0 fully saturated rings. The molecule has 9 nitrogen and oxygen atoms in total. The van der Waals surface area contributed by atoms with Gasteiger partial charge in [0.05, 0.1) is 33.8 Å². The summed E-state index contributed by atoms with van der Waals surface area (Å²) in [7, 11) is 1.51. The molecule has 2 N–H and O–H groups in total. The molecule has 0 rings (SSSR count). The van der Waals surface area contributed by atoms with Gasteiger partial charge in [0.25, 0.3) is 0 Å². The van der Waals surface area contributed by atoms with E-state index in [0.717, 1.165) is 70.6 Å². The van der Waals surface area contributed by atoms with Crippen molar-refractivity contribution in [2.75, 3.05) is 40.9 Å². The number of allylic oxidation sites excluding steroid dienone is 9. The van der Waals surface area contributed by atoms with Gasteiger partial charge in [0.15, 0.2) is 0 Å². The van der Waals surface area contributed by atoms with Gasteiger partial charge in [-0.3, -0.25) is 18.6 Å². The van der Waals surface area contributed by atoms with E-state index in [1.807, 2.05) is 33.3 Å². The highest BCUT2D eigenvalue weighted by Crippen LogP contribution is 2.43. The first-order valence-corrected chi connectivity index (χ1v) is 39.1. The average molecular weight is 1240 g/mol. The van der Waals surface area contributed by atoms with Gasteiger partial charge in [-0.2, -0.15) is 0 Å². The minimum absolute atomic E-state index is 0.0409. The van der Waals surface area contributed by atoms with E-state index in [0.29, 0.717) is 23.9 Å². The average Bonchev–Trinajstić information content (AvgIpc) is 3.70. The first-order chi connectivity index (χ1) is 42.4. The van der Waals surface area contributed by atoms with Crippen molar-refractivity contribution >= 4 is 19.7 Å². The number of ether oxygens (including phenoxy) is 1. The maximum absolute atomic E-state index is 13.6. The molecule has 0 radical (unpaired) electrons. The van der Waals surface area contributed by atoms with Crippen LogP contribution in [0.1, 0.15) is 367 Å². The van der Waals surface area contributed by atoms with Gasteiger partial charge in [-0.1, -0.05) is 319 Å². The van der Waals surface area contributed by atoms with Crippen molar-refractivity contribution in [3.05, 3.63) is 60.8 Å². The molecule has 0 aliphatic carbocycles. The van der Waals surface area contributed by atoms with Crippen molar-refractivity contribution in [1.82, 2.24) is 5.32 Å². The molecule has 1 amide bonds. The smallest absolute Gasteiger partial charge is 0.456 e. The van der Waals surface area contributed by atoms with E-state index >= 15 is 0 Å². The van der Waals surface area contributed by atoms with Crippen molar-refractivity contribution < 1.29 is 37.3 Å². The van der Waals surface area contributed by atoms with E-state index in [9.17, 15) is 19.0 Å². The summed E-state index contributed by atoms with van der Waals surface area (Å²) in [5.41, 5.74) is 0. The molecule has 0 heterocycles. The van der Waals surface area contributed by atoms with Crippen LogP contribution in [0.2, 0.25) is 0 Å². The summed E-state index contributed by atoms with van der Waals surface area (Å²) in [6, 6.07) is -0.849. The molecule has 10 heteroatoms. The zero-order chi connectivity index (χ0) is 63.5. The molecule has 0 aromatic heterocycles. The number of quaternary nitrogens is 1. The molecule has 87 heavy (non-hydrogen) atoms. The quantitative estimate of drug-likeness (QED) is 0.0205. The minimum Gasteiger partial charge on any atom is -0.456 e. The second kappa shape index (κ2) is 66.6. The van der Waals surface area contributed by atoms with Crippen LogP contribution >= 0.6 is 7.82 Å². The molecule has 0 aromatic carbocycles. The van der Waals surface area contributed by atoms with E-state index in [1.54, 1.807) is 0 Å². The number of amides is 1. The first-order valence-electron chi connectivity index (χ1n) is 37.6. The molecule has 0 saturated carbocycles. The van der Waals surface area contributed by atoms with E-state index in [1.165, 1.54) is 263 Å². The van der Waals surface area contributed by atoms with Crippen molar-refractivity contribution in [3.8, 4) is 0 Å². The van der Waals surface area contributed by atoms with Crippen molar-refractivity contribution in [2.24, 2.45) is 0 Å². The third-order valence-electron chi connectivity index (χ3n) is 16.9. The van der Waals surface area contributed by atoms with E-state index < -0.39 is 20.0 Å². The second-order valence-electron chi connectivity index (χ2n) is 26.8. The van der Waals surface area contributed by atoms with Crippen LogP contribution in [0.3, 0.4) is 0 Å². The van der Waals surface area contributed by atoms with Gasteiger partial charge in [-0.05, 0) is 96.0 Å². The number of rotatable bonds is 69. The van der Waals surface area contributed by atoms with Gasteiger partial charge in [0.2, 0.25) is 5.91 Å². The number of carbonyl (C=O) groups excluding carboxylic acids is 2. The van der Waals surface area contributed by atoms with Crippen LogP contribution in [0.15, 0.2) is 60.8 Å². The van der Waals surface area contributed by atoms with Crippen LogP contribution in [0.25, 0.3) is 0 Å². The van der Waals surface area contributed by atoms with Gasteiger partial charge >= 0.3 is 13.8 Å². The third-order valence-corrected chi connectivity index (χ3v) is 17.9. The number of phosphoric ester groups is 1. The Bertz CT molecular complexity index is 1670. The molecule has 510 valence electrons. The SMILES string of the molecule is CCCCC/C=C\C/C=C\C/C=C\CCCCCCCCCCCCCCCCC(=O)NC(COP(=O)(O)OCC[N+](C)(C)C)C(/C=C\CCCCCCCCCCC)OC(=O)CCCCCCCCCCCCCCC/C=C/CCCCCCCC. The van der Waals surface area contributed by atoms with E-state index in [-0.39, 0.29) is 25.1 Å². The lowest BCUT2D eigenvalue weighted by atomic mass is 10.0. The molecule has 3 unspecified atom stereocenters. The monoisotopic (exact) mass is 1240 g/mol. The zero-order valence-corrected chi connectivity index (χ0v) is 59.4. The summed E-state index contributed by atoms with van der Waals surface area (Å²) < 4.78 is 30.9. The van der Waals surface area contributed by atoms with Crippen LogP contribution in [0.4, 0.5) is 0 Å². The summed E-state index contributed by atoms with van der Waals surface area (Å²) >= 11 is 0. The van der Waals surface area contributed by atoms with E-state index in [2.05, 4.69) is 74.7 Å². The van der Waals surface area contributed by atoms with Crippen molar-refractivity contribution in [2.45, 2.75) is 380 Å². The number of nitrogens with zero attached hydrogens (tertiary/aromatic N) is 1. The normalized spacial score (nSPS) is 13.8. The summed E-state index contributed by atoms with van der Waals surface area (Å²) in [5.74, 6) is -0.491. The molecule has 0 saturated heterocycles. The molecule has 0 spiro atoms. The van der Waals surface area contributed by atoms with Crippen molar-refractivity contribution in [3.63, 3.8) is 0 Å². The number of carbonyl (C=O) groups is 2. The maximum atomic E-state index is 13.6. The number of unbranched alkanes of at least 4 members (excludes halogenated alkanes) is 45. The Balaban J connectivity index is 4.93. The lowest BCUT2D eigenvalue weighted by Gasteiger charge is -2.27. The predicted octanol–water partition coefficient (Wildman–Crippen LogP) is 24.1. The maximum Gasteiger partial charge on any atom is 0.472 e. The number of phosphoric acid groups is 1. The Morgan fingerprint density at radius 2 is 0.701 bits per heavy atom. The van der Waals surface area contributed by atoms with Gasteiger partial charge in [0.1, 0.15) is 19.3 Å². The van der Waals surface area contributed by atoms with Crippen molar-refractivity contribution in [1.29, 1.82) is 0 Å². The topological polar surface area (TPSA) is 111 Å². The molecule has 0 bridgehead atoms. The highest BCUT2D eigenvalue weighted by molar-refractivity contribution is 7.47. The Labute approximate surface area is 541 Å². The largest absolute Gasteiger partial charge is 0.472 e. The Morgan fingerprint density at radius 1 is 0.402 bits per heavy atom. The van der Waals surface area contributed by atoms with Crippen LogP contribution in [-0.2, 0) is 27.9 Å². The van der Waals surface area contributed by atoms with Gasteiger partial charge in [-0.25, -0.2) is 4.57 Å². The lowest BCUT2D eigenvalue weighted by molar-refractivity contribution is -0.870. The molecular weight excluding hydrogens is 1100 g/mol. The number of hydrogen-bond acceptors (Lipinski definition) is 6. The van der Waals surface area contributed by atoms with Gasteiger partial charge in [0, 0.05) is 12.8 Å². The highest BCUT2D eigenvalue weighted by atomic mass is 31.2. The zero-order valence-electron chi connectivity index (χ0n) is 58.5. The number of likely N-dealkylation sites (N-methyl/N-ethyl adjacent to an activating group) is 1. The third kappa shape index (κ3) is 67.9.